The van der Waals surface area contributed by atoms with E-state index >= 15 is 0 Å². The molecule has 8 nitrogen and oxygen atoms in total. The van der Waals surface area contributed by atoms with Crippen molar-refractivity contribution in [3.63, 3.8) is 0 Å². The summed E-state index contributed by atoms with van der Waals surface area (Å²) < 4.78 is 0. The highest BCUT2D eigenvalue weighted by Gasteiger charge is 2.33. The number of halogens is 1. The molecule has 0 aromatic heterocycles. The maximum Gasteiger partial charge on any atom is 0.405 e. The van der Waals surface area contributed by atoms with Crippen LogP contribution in [0.3, 0.4) is 0 Å². The first-order chi connectivity index (χ1) is 15.3. The van der Waals surface area contributed by atoms with Crippen molar-refractivity contribution in [1.29, 1.82) is 0 Å². The molecule has 3 amide bonds. The molecular formula is C24H29ClN4O4. The number of carbonyl (C=O) groups excluding carboxylic acids is 2. The van der Waals surface area contributed by atoms with Crippen LogP contribution in [0.5, 0.6) is 0 Å². The molecule has 0 bridgehead atoms. The monoisotopic (exact) mass is 472 g/mol. The zero-order valence-corrected chi connectivity index (χ0v) is 19.5. The van der Waals surface area contributed by atoms with Gasteiger partial charge in [-0.25, -0.2) is 4.79 Å². The maximum atomic E-state index is 12.2. The number of anilines is 1. The average molecular weight is 473 g/mol. The van der Waals surface area contributed by atoms with Gasteiger partial charge in [0.25, 0.3) is 0 Å². The van der Waals surface area contributed by atoms with Gasteiger partial charge in [-0.15, -0.1) is 12.4 Å². The fourth-order valence-corrected chi connectivity index (χ4v) is 4.70. The summed E-state index contributed by atoms with van der Waals surface area (Å²) in [6.07, 6.45) is -0.560. The quantitative estimate of drug-likeness (QED) is 0.634. The second kappa shape index (κ2) is 10.2. The maximum absolute atomic E-state index is 12.2. The SMILES string of the molecule is CC(=O)N1c2ccc(-c3ccc(CN4CCNC(=O)C4)cc3)cc2C(NC(=O)O)CC1C.Cl. The van der Waals surface area contributed by atoms with Gasteiger partial charge in [0.1, 0.15) is 0 Å². The van der Waals surface area contributed by atoms with Crippen LogP contribution in [0.25, 0.3) is 11.1 Å². The summed E-state index contributed by atoms with van der Waals surface area (Å²) >= 11 is 0. The molecule has 4 rings (SSSR count). The molecule has 9 heteroatoms. The second-order valence-corrected chi connectivity index (χ2v) is 8.51. The minimum atomic E-state index is -1.08. The number of amides is 3. The summed E-state index contributed by atoms with van der Waals surface area (Å²) in [5.41, 5.74) is 4.65. The number of benzene rings is 2. The van der Waals surface area contributed by atoms with Crippen molar-refractivity contribution in [2.75, 3.05) is 24.5 Å². The molecule has 2 aliphatic heterocycles. The molecule has 2 heterocycles. The largest absolute Gasteiger partial charge is 0.465 e. The molecule has 0 radical (unpaired) electrons. The van der Waals surface area contributed by atoms with Gasteiger partial charge in [0.05, 0.1) is 12.6 Å². The lowest BCUT2D eigenvalue weighted by atomic mass is 9.89. The minimum Gasteiger partial charge on any atom is -0.465 e. The van der Waals surface area contributed by atoms with Crippen LogP contribution in [0, 0.1) is 0 Å². The lowest BCUT2D eigenvalue weighted by Crippen LogP contribution is -2.47. The van der Waals surface area contributed by atoms with Gasteiger partial charge in [0.15, 0.2) is 0 Å². The van der Waals surface area contributed by atoms with Gasteiger partial charge in [0.2, 0.25) is 11.8 Å². The summed E-state index contributed by atoms with van der Waals surface area (Å²) in [5, 5.41) is 14.7. The van der Waals surface area contributed by atoms with Crippen molar-refractivity contribution >= 4 is 36.0 Å². The Kier molecular flexibility index (Phi) is 7.61. The molecule has 176 valence electrons. The molecule has 0 aliphatic carbocycles. The normalized spacial score (nSPS) is 20.3. The minimum absolute atomic E-state index is 0. The van der Waals surface area contributed by atoms with E-state index in [0.717, 1.165) is 34.5 Å². The number of nitrogens with one attached hydrogen (secondary N) is 2. The predicted molar refractivity (Wildman–Crippen MR) is 129 cm³/mol. The lowest BCUT2D eigenvalue weighted by Gasteiger charge is -2.39. The topological polar surface area (TPSA) is 102 Å². The Morgan fingerprint density at radius 1 is 1.15 bits per heavy atom. The molecule has 1 fully saturated rings. The van der Waals surface area contributed by atoms with Gasteiger partial charge in [-0.1, -0.05) is 30.3 Å². The molecule has 0 spiro atoms. The van der Waals surface area contributed by atoms with Crippen molar-refractivity contribution in [1.82, 2.24) is 15.5 Å². The summed E-state index contributed by atoms with van der Waals surface area (Å²) in [6, 6.07) is 13.5. The first-order valence-electron chi connectivity index (χ1n) is 10.8. The van der Waals surface area contributed by atoms with E-state index in [1.807, 2.05) is 37.3 Å². The number of piperazine rings is 1. The summed E-state index contributed by atoms with van der Waals surface area (Å²) in [7, 11) is 0. The van der Waals surface area contributed by atoms with E-state index in [9.17, 15) is 19.5 Å². The van der Waals surface area contributed by atoms with Crippen LogP contribution >= 0.6 is 12.4 Å². The van der Waals surface area contributed by atoms with Gasteiger partial charge in [-0.2, -0.15) is 0 Å². The Hall–Kier alpha value is -3.10. The highest BCUT2D eigenvalue weighted by atomic mass is 35.5. The van der Waals surface area contributed by atoms with Crippen molar-refractivity contribution in [2.24, 2.45) is 0 Å². The van der Waals surface area contributed by atoms with Crippen LogP contribution < -0.4 is 15.5 Å². The van der Waals surface area contributed by atoms with E-state index in [0.29, 0.717) is 26.1 Å². The summed E-state index contributed by atoms with van der Waals surface area (Å²) in [4.78, 5) is 39.0. The fourth-order valence-electron chi connectivity index (χ4n) is 4.70. The van der Waals surface area contributed by atoms with E-state index in [1.165, 1.54) is 6.92 Å². The van der Waals surface area contributed by atoms with Crippen LogP contribution in [-0.4, -0.2) is 53.6 Å². The number of fused-ring (bicyclic) bond motifs is 1. The van der Waals surface area contributed by atoms with E-state index < -0.39 is 6.09 Å². The Labute approximate surface area is 199 Å². The molecule has 1 saturated heterocycles. The molecule has 2 aromatic carbocycles. The van der Waals surface area contributed by atoms with Crippen molar-refractivity contribution in [3.05, 3.63) is 53.6 Å². The van der Waals surface area contributed by atoms with Crippen molar-refractivity contribution in [3.8, 4) is 11.1 Å². The number of hydrogen-bond acceptors (Lipinski definition) is 4. The highest BCUT2D eigenvalue weighted by molar-refractivity contribution is 5.94. The van der Waals surface area contributed by atoms with Gasteiger partial charge >= 0.3 is 6.09 Å². The summed E-state index contributed by atoms with van der Waals surface area (Å²) in [5.74, 6) is -0.00333. The third-order valence-electron chi connectivity index (χ3n) is 6.13. The average Bonchev–Trinajstić information content (AvgIpc) is 2.73. The zero-order valence-electron chi connectivity index (χ0n) is 18.7. The van der Waals surface area contributed by atoms with E-state index in [4.69, 9.17) is 0 Å². The number of nitrogens with zero attached hydrogens (tertiary/aromatic N) is 2. The number of carboxylic acid groups (broad SMARTS) is 1. The Morgan fingerprint density at radius 3 is 2.48 bits per heavy atom. The Morgan fingerprint density at radius 2 is 1.85 bits per heavy atom. The fraction of sp³-hybridized carbons (Fsp3) is 0.375. The summed E-state index contributed by atoms with van der Waals surface area (Å²) in [6.45, 7) is 6.10. The van der Waals surface area contributed by atoms with Gasteiger partial charge in [-0.3, -0.25) is 14.5 Å². The van der Waals surface area contributed by atoms with E-state index in [-0.39, 0.29) is 36.3 Å². The van der Waals surface area contributed by atoms with Crippen LogP contribution in [0.2, 0.25) is 0 Å². The highest BCUT2D eigenvalue weighted by Crippen LogP contribution is 2.39. The zero-order chi connectivity index (χ0) is 22.8. The van der Waals surface area contributed by atoms with Gasteiger partial charge in [0, 0.05) is 38.3 Å². The molecule has 33 heavy (non-hydrogen) atoms. The number of carbonyl (C=O) groups is 3. The van der Waals surface area contributed by atoms with E-state index in [1.54, 1.807) is 4.90 Å². The van der Waals surface area contributed by atoms with Gasteiger partial charge < -0.3 is 20.6 Å². The van der Waals surface area contributed by atoms with E-state index in [2.05, 4.69) is 27.7 Å². The number of rotatable bonds is 4. The molecule has 2 unspecified atom stereocenters. The molecule has 3 N–H and O–H groups in total. The number of hydrogen-bond donors (Lipinski definition) is 3. The lowest BCUT2D eigenvalue weighted by molar-refractivity contribution is -0.124. The molecule has 0 saturated carbocycles. The predicted octanol–water partition coefficient (Wildman–Crippen LogP) is 3.16. The first-order valence-corrected chi connectivity index (χ1v) is 10.8. The Balaban J connectivity index is 0.00000306. The van der Waals surface area contributed by atoms with Crippen molar-refractivity contribution in [2.45, 2.75) is 38.9 Å². The van der Waals surface area contributed by atoms with Crippen LogP contribution in [0.1, 0.15) is 37.4 Å². The molecular weight excluding hydrogens is 444 g/mol. The molecule has 2 atom stereocenters. The third kappa shape index (κ3) is 5.46. The Bertz CT molecular complexity index is 1040. The second-order valence-electron chi connectivity index (χ2n) is 8.51. The smallest absolute Gasteiger partial charge is 0.405 e. The third-order valence-corrected chi connectivity index (χ3v) is 6.13. The van der Waals surface area contributed by atoms with Gasteiger partial charge in [-0.05, 0) is 47.7 Å². The molecule has 2 aromatic rings. The first kappa shape index (κ1) is 24.5. The van der Waals surface area contributed by atoms with Crippen LogP contribution in [0.4, 0.5) is 10.5 Å². The van der Waals surface area contributed by atoms with Crippen molar-refractivity contribution < 1.29 is 19.5 Å². The molecule has 2 aliphatic rings. The standard InChI is InChI=1S/C24H28N4O4.ClH/c1-15-11-21(26-24(31)32)20-12-19(7-8-22(20)28(15)16(2)29)18-5-3-17(4-6-18)13-27-10-9-25-23(30)14-27;/h3-8,12,15,21,26H,9-11,13-14H2,1-2H3,(H,25,30)(H,31,32);1H. The van der Waals surface area contributed by atoms with Crippen LogP contribution in [-0.2, 0) is 16.1 Å². The van der Waals surface area contributed by atoms with Crippen LogP contribution in [0.15, 0.2) is 42.5 Å².